The van der Waals surface area contributed by atoms with Crippen molar-refractivity contribution in [2.75, 3.05) is 18.0 Å². The minimum atomic E-state index is -0.432. The van der Waals surface area contributed by atoms with Gasteiger partial charge < -0.3 is 14.7 Å². The summed E-state index contributed by atoms with van der Waals surface area (Å²) < 4.78 is 18.8. The second kappa shape index (κ2) is 6.54. The van der Waals surface area contributed by atoms with E-state index in [-0.39, 0.29) is 17.6 Å². The highest BCUT2D eigenvalue weighted by molar-refractivity contribution is 6.33. The normalized spacial score (nSPS) is 15.7. The molecule has 0 spiro atoms. The fourth-order valence-corrected chi connectivity index (χ4v) is 2.95. The summed E-state index contributed by atoms with van der Waals surface area (Å²) in [7, 11) is 0. The van der Waals surface area contributed by atoms with Gasteiger partial charge in [0.15, 0.2) is 11.5 Å². The number of hydrogen-bond donors (Lipinski definition) is 1. The van der Waals surface area contributed by atoms with E-state index in [1.54, 1.807) is 13.0 Å². The van der Waals surface area contributed by atoms with Gasteiger partial charge in [-0.3, -0.25) is 9.78 Å². The fourth-order valence-electron chi connectivity index (χ4n) is 2.69. The zero-order valence-electron chi connectivity index (χ0n) is 12.6. The lowest BCUT2D eigenvalue weighted by Crippen LogP contribution is -2.45. The lowest BCUT2D eigenvalue weighted by Gasteiger charge is -2.34. The van der Waals surface area contributed by atoms with Crippen LogP contribution in [0.4, 0.5) is 10.1 Å². The molecule has 2 aromatic rings. The van der Waals surface area contributed by atoms with Crippen molar-refractivity contribution in [3.63, 3.8) is 0 Å². The van der Waals surface area contributed by atoms with Crippen molar-refractivity contribution in [2.24, 2.45) is 0 Å². The molecule has 1 fully saturated rings. The second-order valence-corrected chi connectivity index (χ2v) is 5.92. The van der Waals surface area contributed by atoms with Crippen LogP contribution in [0.1, 0.15) is 29.1 Å². The minimum Gasteiger partial charge on any atom is -0.368 e. The maximum atomic E-state index is 13.9. The van der Waals surface area contributed by atoms with Gasteiger partial charge in [-0.1, -0.05) is 16.8 Å². The van der Waals surface area contributed by atoms with Crippen molar-refractivity contribution in [2.45, 2.75) is 25.8 Å². The average Bonchev–Trinajstić information content (AvgIpc) is 2.95. The van der Waals surface area contributed by atoms with Gasteiger partial charge in [0.1, 0.15) is 5.76 Å². The van der Waals surface area contributed by atoms with Crippen LogP contribution in [-0.4, -0.2) is 35.2 Å². The molecule has 0 unspecified atom stereocenters. The number of aromatic nitrogens is 2. The molecular weight excluding hydrogens is 323 g/mol. The Labute approximate surface area is 137 Å². The predicted molar refractivity (Wildman–Crippen MR) is 83.1 cm³/mol. The summed E-state index contributed by atoms with van der Waals surface area (Å²) in [4.78, 5) is 17.6. The molecule has 1 amide bonds. The van der Waals surface area contributed by atoms with E-state index in [1.165, 1.54) is 6.20 Å². The van der Waals surface area contributed by atoms with Crippen molar-refractivity contribution in [3.05, 3.63) is 40.8 Å². The van der Waals surface area contributed by atoms with Gasteiger partial charge in [-0.25, -0.2) is 4.39 Å². The Morgan fingerprint density at radius 1 is 1.43 bits per heavy atom. The van der Waals surface area contributed by atoms with Gasteiger partial charge in [0.2, 0.25) is 0 Å². The monoisotopic (exact) mass is 338 g/mol. The molecule has 23 heavy (non-hydrogen) atoms. The Morgan fingerprint density at radius 2 is 2.17 bits per heavy atom. The molecule has 6 nitrogen and oxygen atoms in total. The first-order valence-electron chi connectivity index (χ1n) is 7.32. The van der Waals surface area contributed by atoms with Crippen LogP contribution in [0.15, 0.2) is 23.0 Å². The van der Waals surface area contributed by atoms with E-state index >= 15 is 0 Å². The van der Waals surface area contributed by atoms with E-state index in [9.17, 15) is 9.18 Å². The number of pyridine rings is 1. The largest absolute Gasteiger partial charge is 0.368 e. The van der Waals surface area contributed by atoms with Crippen LogP contribution in [0.2, 0.25) is 5.02 Å². The number of hydrogen-bond acceptors (Lipinski definition) is 5. The van der Waals surface area contributed by atoms with Crippen LogP contribution >= 0.6 is 11.6 Å². The summed E-state index contributed by atoms with van der Waals surface area (Å²) in [6.45, 7) is 2.93. The Balaban J connectivity index is 1.59. The van der Waals surface area contributed by atoms with Crippen molar-refractivity contribution in [1.29, 1.82) is 0 Å². The molecule has 122 valence electrons. The summed E-state index contributed by atoms with van der Waals surface area (Å²) in [5.74, 6) is -0.0979. The van der Waals surface area contributed by atoms with Gasteiger partial charge in [0.25, 0.3) is 5.91 Å². The predicted octanol–water partition coefficient (Wildman–Crippen LogP) is 2.57. The first kappa shape index (κ1) is 15.7. The molecular formula is C15H16ClFN4O2. The number of anilines is 1. The molecule has 2 aromatic heterocycles. The third-order valence-corrected chi connectivity index (χ3v) is 4.11. The topological polar surface area (TPSA) is 71.3 Å². The number of rotatable bonds is 3. The zero-order chi connectivity index (χ0) is 16.4. The highest BCUT2D eigenvalue weighted by Crippen LogP contribution is 2.30. The van der Waals surface area contributed by atoms with E-state index < -0.39 is 5.82 Å². The van der Waals surface area contributed by atoms with E-state index in [0.29, 0.717) is 42.4 Å². The van der Waals surface area contributed by atoms with E-state index in [4.69, 9.17) is 16.1 Å². The van der Waals surface area contributed by atoms with Crippen molar-refractivity contribution in [1.82, 2.24) is 15.5 Å². The Morgan fingerprint density at radius 3 is 2.78 bits per heavy atom. The number of amides is 1. The molecule has 0 aliphatic carbocycles. The van der Waals surface area contributed by atoms with Crippen LogP contribution in [0, 0.1) is 12.7 Å². The Kier molecular flexibility index (Phi) is 4.47. The third kappa shape index (κ3) is 3.44. The van der Waals surface area contributed by atoms with Crippen molar-refractivity contribution >= 4 is 23.2 Å². The first-order valence-corrected chi connectivity index (χ1v) is 7.70. The standard InChI is InChI=1S/C15H16ClFN4O2/c1-9-6-13(20-23-9)15(22)19-10-2-4-21(5-3-10)14-11(16)7-18-8-12(14)17/h6-8,10H,2-5H2,1H3,(H,19,22). The SMILES string of the molecule is Cc1cc(C(=O)NC2CCN(c3c(F)cncc3Cl)CC2)no1. The van der Waals surface area contributed by atoms with Gasteiger partial charge in [0.05, 0.1) is 16.9 Å². The van der Waals surface area contributed by atoms with Crippen LogP contribution in [0.3, 0.4) is 0 Å². The number of piperidine rings is 1. The molecule has 3 heterocycles. The molecule has 1 aliphatic heterocycles. The fraction of sp³-hybridized carbons (Fsp3) is 0.400. The highest BCUT2D eigenvalue weighted by atomic mass is 35.5. The third-order valence-electron chi connectivity index (χ3n) is 3.84. The summed E-state index contributed by atoms with van der Waals surface area (Å²) >= 11 is 6.03. The quantitative estimate of drug-likeness (QED) is 0.931. The molecule has 0 aromatic carbocycles. The van der Waals surface area contributed by atoms with Gasteiger partial charge in [-0.2, -0.15) is 0 Å². The molecule has 8 heteroatoms. The highest BCUT2D eigenvalue weighted by Gasteiger charge is 2.25. The maximum absolute atomic E-state index is 13.9. The number of nitrogens with one attached hydrogen (secondary N) is 1. The lowest BCUT2D eigenvalue weighted by atomic mass is 10.0. The molecule has 1 N–H and O–H groups in total. The summed E-state index contributed by atoms with van der Waals surface area (Å²) in [6.07, 6.45) is 3.98. The van der Waals surface area contributed by atoms with Crippen LogP contribution in [-0.2, 0) is 0 Å². The van der Waals surface area contributed by atoms with Crippen LogP contribution in [0.5, 0.6) is 0 Å². The van der Waals surface area contributed by atoms with E-state index in [0.717, 1.165) is 6.20 Å². The summed E-state index contributed by atoms with van der Waals surface area (Å²) in [5.41, 5.74) is 0.645. The smallest absolute Gasteiger partial charge is 0.273 e. The minimum absolute atomic E-state index is 0.0134. The number of halogens is 2. The lowest BCUT2D eigenvalue weighted by molar-refractivity contribution is 0.0922. The Bertz CT molecular complexity index is 693. The zero-order valence-corrected chi connectivity index (χ0v) is 13.3. The molecule has 0 radical (unpaired) electrons. The van der Waals surface area contributed by atoms with Crippen molar-refractivity contribution < 1.29 is 13.7 Å². The summed E-state index contributed by atoms with van der Waals surface area (Å²) in [5, 5.41) is 6.91. The van der Waals surface area contributed by atoms with Gasteiger partial charge in [0, 0.05) is 31.4 Å². The number of carbonyl (C=O) groups excluding carboxylic acids is 1. The Hall–Kier alpha value is -2.15. The first-order chi connectivity index (χ1) is 11.0. The average molecular weight is 339 g/mol. The molecule has 1 aliphatic rings. The van der Waals surface area contributed by atoms with Gasteiger partial charge in [-0.05, 0) is 19.8 Å². The van der Waals surface area contributed by atoms with E-state index in [1.807, 2.05) is 4.90 Å². The van der Waals surface area contributed by atoms with Gasteiger partial charge in [-0.15, -0.1) is 0 Å². The summed E-state index contributed by atoms with van der Waals surface area (Å²) in [6, 6.07) is 1.61. The van der Waals surface area contributed by atoms with Crippen LogP contribution < -0.4 is 10.2 Å². The number of carbonyl (C=O) groups is 1. The molecule has 0 saturated carbocycles. The van der Waals surface area contributed by atoms with Gasteiger partial charge >= 0.3 is 0 Å². The maximum Gasteiger partial charge on any atom is 0.273 e. The number of nitrogens with zero attached hydrogens (tertiary/aromatic N) is 3. The van der Waals surface area contributed by atoms with E-state index in [2.05, 4.69) is 15.5 Å². The molecule has 1 saturated heterocycles. The molecule has 3 rings (SSSR count). The van der Waals surface area contributed by atoms with Crippen molar-refractivity contribution in [3.8, 4) is 0 Å². The molecule has 0 atom stereocenters. The van der Waals surface area contributed by atoms with Crippen LogP contribution in [0.25, 0.3) is 0 Å². The second-order valence-electron chi connectivity index (χ2n) is 5.51. The number of aryl methyl sites for hydroxylation is 1. The molecule has 0 bridgehead atoms.